The Morgan fingerprint density at radius 1 is 1.10 bits per heavy atom. The van der Waals surface area contributed by atoms with Crippen molar-refractivity contribution in [2.75, 3.05) is 13.1 Å². The standard InChI is InChI=1S/C16H26F2N2/c1-11(2)10-20(12(3)4)15(9-19)13-6-5-7-14(8-13)16(17)18/h5-8,11-12,15-16H,9-10,19H2,1-4H3. The fourth-order valence-corrected chi connectivity index (χ4v) is 2.48. The van der Waals surface area contributed by atoms with Gasteiger partial charge in [-0.2, -0.15) is 0 Å². The second-order valence-corrected chi connectivity index (χ2v) is 5.91. The lowest BCUT2D eigenvalue weighted by atomic mass is 10.00. The largest absolute Gasteiger partial charge is 0.329 e. The summed E-state index contributed by atoms with van der Waals surface area (Å²) in [5.74, 6) is 0.504. The summed E-state index contributed by atoms with van der Waals surface area (Å²) in [5, 5.41) is 0. The van der Waals surface area contributed by atoms with Crippen LogP contribution < -0.4 is 5.73 Å². The molecule has 1 atom stereocenters. The molecule has 1 aromatic rings. The molecule has 0 radical (unpaired) electrons. The molecular formula is C16H26F2N2. The monoisotopic (exact) mass is 284 g/mol. The number of rotatable bonds is 7. The van der Waals surface area contributed by atoms with Crippen molar-refractivity contribution in [3.63, 3.8) is 0 Å². The number of hydrogen-bond donors (Lipinski definition) is 1. The highest BCUT2D eigenvalue weighted by atomic mass is 19.3. The predicted octanol–water partition coefficient (Wildman–Crippen LogP) is 3.99. The molecule has 0 heterocycles. The Balaban J connectivity index is 3.06. The highest BCUT2D eigenvalue weighted by molar-refractivity contribution is 5.27. The van der Waals surface area contributed by atoms with Crippen molar-refractivity contribution in [1.29, 1.82) is 0 Å². The maximum Gasteiger partial charge on any atom is 0.263 e. The van der Waals surface area contributed by atoms with Gasteiger partial charge in [-0.3, -0.25) is 4.90 Å². The van der Waals surface area contributed by atoms with Gasteiger partial charge in [-0.15, -0.1) is 0 Å². The van der Waals surface area contributed by atoms with Crippen LogP contribution >= 0.6 is 0 Å². The van der Waals surface area contributed by atoms with Gasteiger partial charge < -0.3 is 5.73 Å². The van der Waals surface area contributed by atoms with E-state index in [1.807, 2.05) is 6.07 Å². The third-order valence-corrected chi connectivity index (χ3v) is 3.41. The second-order valence-electron chi connectivity index (χ2n) is 5.91. The molecule has 0 aliphatic rings. The van der Waals surface area contributed by atoms with Crippen LogP contribution in [0.25, 0.3) is 0 Å². The smallest absolute Gasteiger partial charge is 0.263 e. The molecule has 0 aromatic heterocycles. The van der Waals surface area contributed by atoms with Crippen LogP contribution in [0.4, 0.5) is 8.78 Å². The predicted molar refractivity (Wildman–Crippen MR) is 79.9 cm³/mol. The number of benzene rings is 1. The Bertz CT molecular complexity index is 405. The van der Waals surface area contributed by atoms with Gasteiger partial charge in [-0.1, -0.05) is 32.0 Å². The normalized spacial score (nSPS) is 13.8. The lowest BCUT2D eigenvalue weighted by molar-refractivity contribution is 0.136. The van der Waals surface area contributed by atoms with Crippen LogP contribution in [0.5, 0.6) is 0 Å². The first-order valence-corrected chi connectivity index (χ1v) is 7.20. The van der Waals surface area contributed by atoms with Crippen molar-refractivity contribution >= 4 is 0 Å². The SMILES string of the molecule is CC(C)CN(C(C)C)C(CN)c1cccc(C(F)F)c1. The average Bonchev–Trinajstić information content (AvgIpc) is 2.38. The Hall–Kier alpha value is -1.00. The van der Waals surface area contributed by atoms with E-state index in [0.717, 1.165) is 12.1 Å². The maximum absolute atomic E-state index is 12.8. The number of hydrogen-bond acceptors (Lipinski definition) is 2. The van der Waals surface area contributed by atoms with Crippen molar-refractivity contribution in [3.05, 3.63) is 35.4 Å². The molecule has 4 heteroatoms. The summed E-state index contributed by atoms with van der Waals surface area (Å²) in [4.78, 5) is 2.29. The summed E-state index contributed by atoms with van der Waals surface area (Å²) in [6.07, 6.45) is -2.44. The molecule has 2 nitrogen and oxygen atoms in total. The maximum atomic E-state index is 12.8. The quantitative estimate of drug-likeness (QED) is 0.820. The number of nitrogens with zero attached hydrogens (tertiary/aromatic N) is 1. The van der Waals surface area contributed by atoms with E-state index in [0.29, 0.717) is 18.5 Å². The fourth-order valence-electron chi connectivity index (χ4n) is 2.48. The van der Waals surface area contributed by atoms with Crippen molar-refractivity contribution in [2.45, 2.75) is 46.2 Å². The average molecular weight is 284 g/mol. The van der Waals surface area contributed by atoms with E-state index in [9.17, 15) is 8.78 Å². The zero-order chi connectivity index (χ0) is 15.3. The van der Waals surface area contributed by atoms with E-state index < -0.39 is 6.43 Å². The van der Waals surface area contributed by atoms with Gasteiger partial charge in [-0.05, 0) is 31.4 Å². The van der Waals surface area contributed by atoms with E-state index in [4.69, 9.17) is 5.73 Å². The Kier molecular flexibility index (Phi) is 6.56. The van der Waals surface area contributed by atoms with E-state index >= 15 is 0 Å². The minimum absolute atomic E-state index is 0.0175. The minimum atomic E-state index is -2.44. The van der Waals surface area contributed by atoms with Gasteiger partial charge >= 0.3 is 0 Å². The summed E-state index contributed by atoms with van der Waals surface area (Å²) >= 11 is 0. The minimum Gasteiger partial charge on any atom is -0.329 e. The van der Waals surface area contributed by atoms with Crippen LogP contribution in [0.3, 0.4) is 0 Å². The molecule has 114 valence electrons. The third kappa shape index (κ3) is 4.53. The molecule has 20 heavy (non-hydrogen) atoms. The molecule has 0 saturated carbocycles. The van der Waals surface area contributed by atoms with Crippen molar-refractivity contribution < 1.29 is 8.78 Å². The van der Waals surface area contributed by atoms with Crippen LogP contribution in [0.15, 0.2) is 24.3 Å². The molecule has 0 bridgehead atoms. The summed E-state index contributed by atoms with van der Waals surface area (Å²) in [5.41, 5.74) is 6.85. The fraction of sp³-hybridized carbons (Fsp3) is 0.625. The Labute approximate surface area is 121 Å². The summed E-state index contributed by atoms with van der Waals surface area (Å²) < 4.78 is 25.7. The van der Waals surface area contributed by atoms with Crippen LogP contribution in [0.2, 0.25) is 0 Å². The third-order valence-electron chi connectivity index (χ3n) is 3.41. The van der Waals surface area contributed by atoms with Crippen LogP contribution in [0.1, 0.15) is 51.3 Å². The molecular weight excluding hydrogens is 258 g/mol. The van der Waals surface area contributed by atoms with Crippen LogP contribution in [-0.2, 0) is 0 Å². The molecule has 0 amide bonds. The Morgan fingerprint density at radius 2 is 1.70 bits per heavy atom. The molecule has 1 aromatic carbocycles. The van der Waals surface area contributed by atoms with Gasteiger partial charge in [-0.25, -0.2) is 8.78 Å². The van der Waals surface area contributed by atoms with Gasteiger partial charge in [0, 0.05) is 30.7 Å². The molecule has 0 aliphatic heterocycles. The van der Waals surface area contributed by atoms with Gasteiger partial charge in [0.25, 0.3) is 6.43 Å². The van der Waals surface area contributed by atoms with Crippen LogP contribution in [0, 0.1) is 5.92 Å². The van der Waals surface area contributed by atoms with Crippen molar-refractivity contribution in [2.24, 2.45) is 11.7 Å². The van der Waals surface area contributed by atoms with E-state index in [1.165, 1.54) is 6.07 Å². The molecule has 0 spiro atoms. The lowest BCUT2D eigenvalue weighted by Gasteiger charge is -2.36. The van der Waals surface area contributed by atoms with Crippen LogP contribution in [-0.4, -0.2) is 24.0 Å². The molecule has 0 saturated heterocycles. The first-order valence-electron chi connectivity index (χ1n) is 7.20. The van der Waals surface area contributed by atoms with Gasteiger partial charge in [0.05, 0.1) is 0 Å². The first-order chi connectivity index (χ1) is 9.36. The molecule has 0 aliphatic carbocycles. The number of halogens is 2. The Morgan fingerprint density at radius 3 is 2.15 bits per heavy atom. The highest BCUT2D eigenvalue weighted by Gasteiger charge is 2.23. The van der Waals surface area contributed by atoms with Crippen molar-refractivity contribution in [3.8, 4) is 0 Å². The first kappa shape index (κ1) is 17.1. The number of nitrogens with two attached hydrogens (primary N) is 1. The zero-order valence-electron chi connectivity index (χ0n) is 12.8. The number of alkyl halides is 2. The molecule has 1 unspecified atom stereocenters. The second kappa shape index (κ2) is 7.70. The summed E-state index contributed by atoms with van der Waals surface area (Å²) in [7, 11) is 0. The topological polar surface area (TPSA) is 29.3 Å². The molecule has 1 rings (SSSR count). The summed E-state index contributed by atoms with van der Waals surface area (Å²) in [6.45, 7) is 9.86. The zero-order valence-corrected chi connectivity index (χ0v) is 12.8. The highest BCUT2D eigenvalue weighted by Crippen LogP contribution is 2.27. The molecule has 0 fully saturated rings. The van der Waals surface area contributed by atoms with Crippen molar-refractivity contribution in [1.82, 2.24) is 4.90 Å². The lowest BCUT2D eigenvalue weighted by Crippen LogP contribution is -2.40. The van der Waals surface area contributed by atoms with Gasteiger partial charge in [0.2, 0.25) is 0 Å². The van der Waals surface area contributed by atoms with E-state index in [1.54, 1.807) is 12.1 Å². The van der Waals surface area contributed by atoms with Gasteiger partial charge in [0.15, 0.2) is 0 Å². The summed E-state index contributed by atoms with van der Waals surface area (Å²) in [6, 6.07) is 6.92. The van der Waals surface area contributed by atoms with E-state index in [-0.39, 0.29) is 11.6 Å². The molecule has 2 N–H and O–H groups in total. The van der Waals surface area contributed by atoms with Gasteiger partial charge in [0.1, 0.15) is 0 Å². The van der Waals surface area contributed by atoms with E-state index in [2.05, 4.69) is 32.6 Å².